The number of nitrogens with one attached hydrogen (secondary N) is 10. The van der Waals surface area contributed by atoms with Crippen molar-refractivity contribution in [2.24, 2.45) is 23.1 Å². The average Bonchev–Trinajstić information content (AvgIpc) is 1.76. The molecule has 0 radical (unpaired) electrons. The summed E-state index contributed by atoms with van der Waals surface area (Å²) in [5.41, 5.74) is 18.9. The Morgan fingerprint density at radius 1 is 0.511 bits per heavy atom. The van der Waals surface area contributed by atoms with Crippen LogP contribution >= 0.6 is 11.8 Å². The third kappa shape index (κ3) is 28.3. The number of amides is 16. The number of nitrogens with zero attached hydrogens (tertiary/aromatic N) is 5. The van der Waals surface area contributed by atoms with Crippen molar-refractivity contribution in [3.63, 3.8) is 0 Å². The number of fused-ring (bicyclic) bond motifs is 3. The molecule has 3 saturated heterocycles. The summed E-state index contributed by atoms with van der Waals surface area (Å²) in [6.07, 6.45) is -6.92. The number of benzene rings is 5. The number of carbonyl (C=O) groups is 17. The van der Waals surface area contributed by atoms with Gasteiger partial charge in [-0.2, -0.15) is 0 Å². The molecular formula is C90H113F3N18O21S. The number of hydrogen-bond acceptors (Lipinski definition) is 22. The number of hydrogen-bond donors (Lipinski definition) is 17. The van der Waals surface area contributed by atoms with Crippen LogP contribution in [0.25, 0.3) is 10.9 Å². The summed E-state index contributed by atoms with van der Waals surface area (Å²) in [7, 11) is 3.52. The summed E-state index contributed by atoms with van der Waals surface area (Å²) < 4.78 is 45.0. The first kappa shape index (κ1) is 103. The number of carboxylic acid groups (broad SMARTS) is 1. The highest BCUT2D eigenvalue weighted by Gasteiger charge is 2.48. The number of aliphatic carboxylic acids is 1. The van der Waals surface area contributed by atoms with E-state index in [9.17, 15) is 63.2 Å². The van der Waals surface area contributed by atoms with E-state index in [4.69, 9.17) is 17.2 Å². The lowest BCUT2D eigenvalue weighted by atomic mass is 9.98. The number of halogens is 3. The maximum absolute atomic E-state index is 15.7. The van der Waals surface area contributed by atoms with Gasteiger partial charge in [-0.1, -0.05) is 125 Å². The quantitative estimate of drug-likeness (QED) is 0.0308. The van der Waals surface area contributed by atoms with Gasteiger partial charge in [0.1, 0.15) is 84.3 Å². The van der Waals surface area contributed by atoms with Crippen LogP contribution in [0.3, 0.4) is 0 Å². The van der Waals surface area contributed by atoms with E-state index in [1.807, 2.05) is 0 Å². The van der Waals surface area contributed by atoms with Gasteiger partial charge >= 0.3 is 5.97 Å². The molecule has 20 N–H and O–H groups in total. The van der Waals surface area contributed by atoms with Gasteiger partial charge in [0.15, 0.2) is 17.5 Å². The second-order valence-electron chi connectivity index (χ2n) is 33.5. The van der Waals surface area contributed by atoms with Crippen LogP contribution in [-0.4, -0.2) is 300 Å². The first-order valence-corrected chi connectivity index (χ1v) is 44.4. The third-order valence-corrected chi connectivity index (χ3v) is 24.3. The first-order valence-electron chi connectivity index (χ1n) is 43.2. The van der Waals surface area contributed by atoms with Crippen molar-refractivity contribution in [3.05, 3.63) is 173 Å². The molecule has 39 nitrogen and oxygen atoms in total. The van der Waals surface area contributed by atoms with Gasteiger partial charge in [-0.05, 0) is 83.5 Å². The molecule has 0 spiro atoms. The minimum atomic E-state index is -2.08. The third-order valence-electron chi connectivity index (χ3n) is 23.2. The Bertz CT molecular complexity index is 5220. The van der Waals surface area contributed by atoms with Gasteiger partial charge in [0, 0.05) is 102 Å². The second kappa shape index (κ2) is 48.0. The van der Waals surface area contributed by atoms with Crippen molar-refractivity contribution in [2.75, 3.05) is 58.8 Å². The Morgan fingerprint density at radius 3 is 1.59 bits per heavy atom. The van der Waals surface area contributed by atoms with Crippen molar-refractivity contribution in [1.82, 2.24) is 77.3 Å². The summed E-state index contributed by atoms with van der Waals surface area (Å²) in [5, 5.41) is 66.6. The minimum Gasteiger partial charge on any atom is -0.508 e. The maximum Gasteiger partial charge on any atom is 0.305 e. The summed E-state index contributed by atoms with van der Waals surface area (Å²) in [4.78, 5) is 257. The fraction of sp³-hybridized carbons (Fsp3) is 0.456. The number of para-hydroxylation sites is 1. The van der Waals surface area contributed by atoms with Crippen molar-refractivity contribution in [1.29, 1.82) is 0 Å². The van der Waals surface area contributed by atoms with Crippen molar-refractivity contribution >= 4 is 123 Å². The number of aromatic amines is 1. The summed E-state index contributed by atoms with van der Waals surface area (Å²) in [5.74, 6) is -27.1. The number of rotatable bonds is 23. The highest BCUT2D eigenvalue weighted by molar-refractivity contribution is 8.00. The van der Waals surface area contributed by atoms with E-state index in [1.54, 1.807) is 91.9 Å². The van der Waals surface area contributed by atoms with Crippen molar-refractivity contribution in [3.8, 4) is 5.75 Å². The highest BCUT2D eigenvalue weighted by atomic mass is 32.2. The number of primary amides is 2. The van der Waals surface area contributed by atoms with Crippen LogP contribution in [0.1, 0.15) is 100.0 Å². The van der Waals surface area contributed by atoms with Gasteiger partial charge in [-0.3, -0.25) is 81.5 Å². The van der Waals surface area contributed by atoms with Crippen LogP contribution in [0.4, 0.5) is 13.2 Å². The Balaban J connectivity index is 1.14. The van der Waals surface area contributed by atoms with Crippen LogP contribution in [0.15, 0.2) is 128 Å². The molecule has 3 aliphatic rings. The van der Waals surface area contributed by atoms with Crippen LogP contribution in [0.2, 0.25) is 0 Å². The molecule has 9 rings (SSSR count). The predicted molar refractivity (Wildman–Crippen MR) is 475 cm³/mol. The largest absolute Gasteiger partial charge is 0.508 e. The van der Waals surface area contributed by atoms with E-state index in [2.05, 4.69) is 52.8 Å². The topological polar surface area (TPSA) is 589 Å². The molecule has 0 bridgehead atoms. The first-order chi connectivity index (χ1) is 63.1. The maximum atomic E-state index is 15.7. The smallest absolute Gasteiger partial charge is 0.305 e. The van der Waals surface area contributed by atoms with Gasteiger partial charge in [-0.25, -0.2) is 13.2 Å². The lowest BCUT2D eigenvalue weighted by molar-refractivity contribution is -0.152. The fourth-order valence-electron chi connectivity index (χ4n) is 16.1. The number of aromatic hydroxyl groups is 1. The number of H-pyrrole nitrogens is 1. The summed E-state index contributed by atoms with van der Waals surface area (Å²) in [6.45, 7) is 2.32. The number of unbranched alkanes of at least 4 members (excludes halogenated alkanes) is 1. The van der Waals surface area contributed by atoms with Gasteiger partial charge < -0.3 is 115 Å². The van der Waals surface area contributed by atoms with E-state index < -0.39 is 296 Å². The monoisotopic (exact) mass is 1870 g/mol. The number of nitrogens with two attached hydrogens (primary N) is 3. The minimum absolute atomic E-state index is 0.152. The lowest BCUT2D eigenvalue weighted by Gasteiger charge is -2.38. The standard InChI is InChI=1S/C90H113F3N18O21S/c1-7-8-23-67-89(131)111-44-55(114)38-70(111)85(127)103-63(40-75(118)119)82(124)106-77(47(2)3)90(132)108(5)68(34-48-17-11-9-12-18-48)83(125)104-65(39-72(95)115)87(129)110-43-54(113)37-69(110)84(126)102-62(36-52-41-97-59-22-16-15-21-56(52)59)81(123)101-61(32-50-24-26-53(112)27-25-50)80(122)100-60(28-29-94)79(121)105-66(78(120)98-42-73(96)116)45-133-46-74(117)99-64(33-51-30-57(91)76(93)58(92)31-51)86(128)109(6)71(88(130)107(67)4)35-49-19-13-10-14-20-49/h9-22,24-27,30-31,41,47,54-55,60-71,77,97,112-114H,7-8,23,28-29,32-40,42-46,94H2,1-6H3,(H2,95,115)(H2,96,116)(H,98,120)(H,99,117)(H,100,122)(H,101,123)(H,102,126)(H,103,127)(H,104,125)(H,105,121)(H,106,124)(H,118,119)/t54-,55-,60+,61+,62+,63+,64+,65+,66+,67+,68-,69-,70-,71+,77+/m1/s1. The molecule has 15 atom stereocenters. The zero-order valence-corrected chi connectivity index (χ0v) is 74.9. The van der Waals surface area contributed by atoms with Gasteiger partial charge in [0.25, 0.3) is 0 Å². The van der Waals surface area contributed by atoms with Crippen LogP contribution in [0, 0.1) is 23.4 Å². The Labute approximate surface area is 767 Å². The van der Waals surface area contributed by atoms with E-state index in [-0.39, 0.29) is 50.0 Å². The number of aromatic nitrogens is 1. The molecule has 0 saturated carbocycles. The summed E-state index contributed by atoms with van der Waals surface area (Å²) >= 11 is 0.616. The molecule has 6 aromatic rings. The average molecular weight is 1870 g/mol. The molecule has 0 aliphatic carbocycles. The van der Waals surface area contributed by atoms with Crippen LogP contribution in [0.5, 0.6) is 5.75 Å². The van der Waals surface area contributed by atoms with Crippen molar-refractivity contribution in [2.45, 2.75) is 195 Å². The van der Waals surface area contributed by atoms with E-state index in [0.717, 1.165) is 38.6 Å². The number of aliphatic hydroxyl groups is 2. The molecule has 133 heavy (non-hydrogen) atoms. The molecule has 716 valence electrons. The zero-order chi connectivity index (χ0) is 97.4. The van der Waals surface area contributed by atoms with E-state index >= 15 is 51.9 Å². The Hall–Kier alpha value is -13.6. The Kier molecular flexibility index (Phi) is 37.3. The van der Waals surface area contributed by atoms with Gasteiger partial charge in [0.05, 0.1) is 37.3 Å². The molecule has 3 fully saturated rings. The number of likely N-dealkylation sites (N-methyl/N-ethyl adjacent to an activating group) is 3. The molecular weight excluding hydrogens is 1760 g/mol. The van der Waals surface area contributed by atoms with Crippen molar-refractivity contribution < 1.29 is 115 Å². The number of aliphatic hydroxyl groups excluding tert-OH is 2. The molecule has 43 heteroatoms. The highest BCUT2D eigenvalue weighted by Crippen LogP contribution is 2.29. The Morgan fingerprint density at radius 2 is 1.02 bits per heavy atom. The molecule has 4 heterocycles. The summed E-state index contributed by atoms with van der Waals surface area (Å²) in [6, 6.07) is 6.29. The van der Waals surface area contributed by atoms with Gasteiger partial charge in [-0.15, -0.1) is 11.8 Å². The van der Waals surface area contributed by atoms with Crippen LogP contribution < -0.4 is 65.1 Å². The fourth-order valence-corrected chi connectivity index (χ4v) is 16.9. The van der Waals surface area contributed by atoms with Gasteiger partial charge in [0.2, 0.25) is 94.5 Å². The van der Waals surface area contributed by atoms with E-state index in [1.165, 1.54) is 51.4 Å². The SMILES string of the molecule is CCCC[C@H]1C(=O)N2C[C@H](O)C[C@@H]2C(=O)N[C@@H](CC(=O)O)C(=O)N[C@@H](C(C)C)C(=O)N(C)[C@H](Cc2ccccc2)C(=O)N[C@@H](CC(N)=O)C(=O)N2C[C@H](O)C[C@@H]2C(=O)N[C@@H](Cc2c[nH]c3ccccc23)C(=O)N[C@@H](Cc2ccc(O)cc2)C(=O)N[C@@H](CCN)C(=O)N[C@H](C(=O)NCC(N)=O)CSCC(=O)N[C@@H](Cc2cc(F)c(F)c(F)c2)C(=O)N(C)[C@@H](Cc2ccccc2)C(=O)N1C. The number of phenols is 1. The van der Waals surface area contributed by atoms with Crippen LogP contribution in [-0.2, 0) is 114 Å². The molecule has 16 amide bonds. The second-order valence-corrected chi connectivity index (χ2v) is 34.5. The molecule has 1 aromatic heterocycles. The number of thioether (sulfide) groups is 1. The molecule has 5 aromatic carbocycles. The normalized spacial score (nSPS) is 24.7. The predicted octanol–water partition coefficient (Wildman–Crippen LogP) is -2.02. The number of carboxylic acids is 1. The van der Waals surface area contributed by atoms with E-state index in [0.29, 0.717) is 57.9 Å². The number of carbonyl (C=O) groups excluding carboxylic acids is 16. The zero-order valence-electron chi connectivity index (χ0n) is 74.0. The lowest BCUT2D eigenvalue weighted by Crippen LogP contribution is -2.62. The molecule has 3 aliphatic heterocycles. The number of phenolic OH excluding ortho intramolecular Hbond substituents is 1. The molecule has 0 unspecified atom stereocenters.